The van der Waals surface area contributed by atoms with Gasteiger partial charge in [-0.3, -0.25) is 14.3 Å². The van der Waals surface area contributed by atoms with Crippen LogP contribution in [0.15, 0.2) is 42.7 Å². The number of aryl methyl sites for hydroxylation is 2. The molecule has 1 atom stereocenters. The highest BCUT2D eigenvalue weighted by atomic mass is 19.3. The van der Waals surface area contributed by atoms with E-state index in [4.69, 9.17) is 0 Å². The number of nitrogens with zero attached hydrogens (tertiary/aromatic N) is 3. The molecule has 1 aliphatic rings. The number of halogens is 2. The van der Waals surface area contributed by atoms with Gasteiger partial charge in [-0.15, -0.1) is 0 Å². The summed E-state index contributed by atoms with van der Waals surface area (Å²) in [6.45, 7) is 0. The highest BCUT2D eigenvalue weighted by Gasteiger charge is 2.52. The molecule has 4 rings (SSSR count). The zero-order valence-corrected chi connectivity index (χ0v) is 21.7. The van der Waals surface area contributed by atoms with Gasteiger partial charge in [-0.05, 0) is 30.9 Å². The third-order valence-corrected chi connectivity index (χ3v) is 6.52. The van der Waals surface area contributed by atoms with Crippen LogP contribution in [0.25, 0.3) is 22.5 Å². The highest BCUT2D eigenvalue weighted by Crippen LogP contribution is 2.43. The molecule has 2 heterocycles. The maximum atomic E-state index is 12.4. The van der Waals surface area contributed by atoms with Crippen LogP contribution in [-0.4, -0.2) is 51.6 Å². The van der Waals surface area contributed by atoms with Gasteiger partial charge < -0.3 is 15.6 Å². The average molecular weight is 515 g/mol. The minimum Gasteiger partial charge on any atom is -0.359 e. The molecular formula is C27H36F2N6O2. The second kappa shape index (κ2) is 13.1. The van der Waals surface area contributed by atoms with Crippen LogP contribution in [0.4, 0.5) is 8.78 Å². The molecule has 2 amide bonds. The second-order valence-electron chi connectivity index (χ2n) is 9.25. The Hall–Kier alpha value is -3.56. The summed E-state index contributed by atoms with van der Waals surface area (Å²) in [5, 5.41) is 9.29. The van der Waals surface area contributed by atoms with E-state index in [2.05, 4.69) is 50.0 Å². The summed E-state index contributed by atoms with van der Waals surface area (Å²) >= 11 is 0. The lowest BCUT2D eigenvalue weighted by molar-refractivity contribution is -0.161. The molecule has 1 unspecified atom stereocenters. The Morgan fingerprint density at radius 1 is 1.05 bits per heavy atom. The number of H-pyrrole nitrogens is 1. The lowest BCUT2D eigenvalue weighted by atomic mass is 9.80. The molecule has 1 fully saturated rings. The molecule has 200 valence electrons. The Morgan fingerprint density at radius 3 is 2.30 bits per heavy atom. The quantitative estimate of drug-likeness (QED) is 0.347. The van der Waals surface area contributed by atoms with Crippen LogP contribution >= 0.6 is 0 Å². The van der Waals surface area contributed by atoms with Gasteiger partial charge in [0, 0.05) is 52.2 Å². The van der Waals surface area contributed by atoms with Crippen molar-refractivity contribution in [1.82, 2.24) is 30.4 Å². The molecule has 0 saturated heterocycles. The number of aromatic amines is 1. The number of unbranched alkanes of at least 4 members (excludes halogenated alkanes) is 3. The number of imidazole rings is 1. The number of amides is 2. The van der Waals surface area contributed by atoms with E-state index in [1.54, 1.807) is 7.05 Å². The van der Waals surface area contributed by atoms with Crippen molar-refractivity contribution in [3.8, 4) is 22.5 Å². The largest absolute Gasteiger partial charge is 0.359 e. The first-order valence-electron chi connectivity index (χ1n) is 12.7. The first kappa shape index (κ1) is 28.0. The fourth-order valence-corrected chi connectivity index (χ4v) is 4.09. The molecule has 0 radical (unpaired) electrons. The molecule has 0 aliphatic heterocycles. The van der Waals surface area contributed by atoms with E-state index in [-0.39, 0.29) is 12.3 Å². The van der Waals surface area contributed by atoms with Gasteiger partial charge in [0.15, 0.2) is 0 Å². The Balaban J connectivity index is 0.000000319. The molecule has 3 N–H and O–H groups in total. The third-order valence-electron chi connectivity index (χ3n) is 6.52. The maximum Gasteiger partial charge on any atom is 0.259 e. The number of carbonyl (C=O) groups is 2. The van der Waals surface area contributed by atoms with E-state index in [1.165, 1.54) is 7.05 Å². The SMILES string of the molecule is CNC(=O)C1CCC1(F)F.CNC(=O)CCCCCCc1ncc(-c2ccc(-c3ccn(C)n3)cc2)[nH]1. The summed E-state index contributed by atoms with van der Waals surface area (Å²) in [7, 11) is 4.98. The molecule has 0 bridgehead atoms. The van der Waals surface area contributed by atoms with Crippen LogP contribution in [0.5, 0.6) is 0 Å². The molecule has 8 nitrogen and oxygen atoms in total. The van der Waals surface area contributed by atoms with Crippen molar-refractivity contribution < 1.29 is 18.4 Å². The number of nitrogens with one attached hydrogen (secondary N) is 3. The summed E-state index contributed by atoms with van der Waals surface area (Å²) in [5.74, 6) is -3.22. The van der Waals surface area contributed by atoms with Crippen LogP contribution in [-0.2, 0) is 23.1 Å². The fraction of sp³-hybridized carbons (Fsp3) is 0.481. The Bertz CT molecular complexity index is 1160. The van der Waals surface area contributed by atoms with Crippen molar-refractivity contribution in [2.24, 2.45) is 13.0 Å². The summed E-state index contributed by atoms with van der Waals surface area (Å²) in [6.07, 6.45) is 9.80. The summed E-state index contributed by atoms with van der Waals surface area (Å²) in [6, 6.07) is 10.4. The average Bonchev–Trinajstić information content (AvgIpc) is 3.55. The number of benzene rings is 1. The van der Waals surface area contributed by atoms with Gasteiger partial charge >= 0.3 is 0 Å². The van der Waals surface area contributed by atoms with Gasteiger partial charge in [-0.2, -0.15) is 5.10 Å². The normalized spacial score (nSPS) is 15.8. The maximum absolute atomic E-state index is 12.4. The van der Waals surface area contributed by atoms with Crippen LogP contribution in [0, 0.1) is 5.92 Å². The number of hydrogen-bond donors (Lipinski definition) is 3. The molecule has 10 heteroatoms. The molecule has 1 aliphatic carbocycles. The van der Waals surface area contributed by atoms with Crippen molar-refractivity contribution >= 4 is 11.8 Å². The molecule has 3 aromatic rings. The standard InChI is InChI=1S/C21H27N5O.C6H9F2NO/c1-22-21(27)8-6-4-3-5-7-20-23-15-19(24-20)17-11-9-16(10-12-17)18-13-14-26(2)25-18;1-9-5(10)4-2-3-6(4,7)8/h9-15H,3-8H2,1-2H3,(H,22,27)(H,23,24);4H,2-3H2,1H3,(H,9,10). The molecule has 37 heavy (non-hydrogen) atoms. The summed E-state index contributed by atoms with van der Waals surface area (Å²) in [5.41, 5.74) is 4.25. The minimum absolute atomic E-state index is 0.125. The third kappa shape index (κ3) is 7.96. The van der Waals surface area contributed by atoms with Gasteiger partial charge in [0.25, 0.3) is 5.92 Å². The van der Waals surface area contributed by atoms with E-state index < -0.39 is 17.7 Å². The van der Waals surface area contributed by atoms with Gasteiger partial charge in [0.1, 0.15) is 11.7 Å². The van der Waals surface area contributed by atoms with Crippen molar-refractivity contribution in [2.75, 3.05) is 14.1 Å². The van der Waals surface area contributed by atoms with E-state index >= 15 is 0 Å². The highest BCUT2D eigenvalue weighted by molar-refractivity contribution is 5.80. The number of hydrogen-bond acceptors (Lipinski definition) is 4. The Labute approximate surface area is 216 Å². The van der Waals surface area contributed by atoms with Gasteiger partial charge in [-0.1, -0.05) is 37.1 Å². The first-order valence-corrected chi connectivity index (χ1v) is 12.7. The van der Waals surface area contributed by atoms with Gasteiger partial charge in [-0.25, -0.2) is 13.8 Å². The molecular weight excluding hydrogens is 478 g/mol. The van der Waals surface area contributed by atoms with Gasteiger partial charge in [0.2, 0.25) is 11.8 Å². The minimum atomic E-state index is -2.75. The monoisotopic (exact) mass is 514 g/mol. The molecule has 0 spiro atoms. The first-order chi connectivity index (χ1) is 17.7. The summed E-state index contributed by atoms with van der Waals surface area (Å²) < 4.78 is 26.6. The Morgan fingerprint density at radius 2 is 1.76 bits per heavy atom. The van der Waals surface area contributed by atoms with E-state index in [0.29, 0.717) is 12.8 Å². The number of aromatic nitrogens is 4. The molecule has 2 aromatic heterocycles. The topological polar surface area (TPSA) is 105 Å². The molecule has 1 aromatic carbocycles. The van der Waals surface area contributed by atoms with Crippen LogP contribution in [0.1, 0.15) is 50.8 Å². The zero-order valence-electron chi connectivity index (χ0n) is 21.7. The lowest BCUT2D eigenvalue weighted by Crippen LogP contribution is -2.47. The smallest absolute Gasteiger partial charge is 0.259 e. The van der Waals surface area contributed by atoms with Crippen molar-refractivity contribution in [3.63, 3.8) is 0 Å². The lowest BCUT2D eigenvalue weighted by Gasteiger charge is -2.34. The predicted octanol–water partition coefficient (Wildman–Crippen LogP) is 4.49. The fourth-order valence-electron chi connectivity index (χ4n) is 4.09. The number of alkyl halides is 2. The van der Waals surface area contributed by atoms with E-state index in [9.17, 15) is 18.4 Å². The van der Waals surface area contributed by atoms with Crippen LogP contribution < -0.4 is 10.6 Å². The van der Waals surface area contributed by atoms with Gasteiger partial charge in [0.05, 0.1) is 17.6 Å². The number of rotatable bonds is 10. The van der Waals surface area contributed by atoms with Crippen molar-refractivity contribution in [3.05, 3.63) is 48.5 Å². The predicted molar refractivity (Wildman–Crippen MR) is 139 cm³/mol. The molecule has 1 saturated carbocycles. The van der Waals surface area contributed by atoms with Crippen molar-refractivity contribution in [2.45, 2.75) is 57.3 Å². The summed E-state index contributed by atoms with van der Waals surface area (Å²) in [4.78, 5) is 29.7. The zero-order chi connectivity index (χ0) is 26.8. The van der Waals surface area contributed by atoms with E-state index in [0.717, 1.165) is 60.4 Å². The second-order valence-corrected chi connectivity index (χ2v) is 9.25. The van der Waals surface area contributed by atoms with Crippen LogP contribution in [0.2, 0.25) is 0 Å². The van der Waals surface area contributed by atoms with E-state index in [1.807, 2.05) is 30.2 Å². The van der Waals surface area contributed by atoms with Crippen LogP contribution in [0.3, 0.4) is 0 Å². The van der Waals surface area contributed by atoms with Crippen molar-refractivity contribution in [1.29, 1.82) is 0 Å². The number of carbonyl (C=O) groups excluding carboxylic acids is 2. The Kier molecular flexibility index (Phi) is 9.93.